The molecule has 0 atom stereocenters. The second kappa shape index (κ2) is 5.68. The largest absolute Gasteiger partial charge is 0.356 e. The first-order chi connectivity index (χ1) is 7.90. The maximum absolute atomic E-state index is 4.53. The van der Waals surface area contributed by atoms with Crippen LogP contribution in [0.15, 0.2) is 12.3 Å². The smallest absolute Gasteiger partial charge is 0.224 e. The topological polar surface area (TPSA) is 41.1 Å². The summed E-state index contributed by atoms with van der Waals surface area (Å²) in [5.74, 6) is 1.82. The van der Waals surface area contributed by atoms with Crippen molar-refractivity contribution in [3.8, 4) is 0 Å². The highest BCUT2D eigenvalue weighted by Gasteiger charge is 2.13. The lowest BCUT2D eigenvalue weighted by atomic mass is 10.3. The Morgan fingerprint density at radius 3 is 2.94 bits per heavy atom. The zero-order valence-electron chi connectivity index (χ0n) is 9.95. The lowest BCUT2D eigenvalue weighted by molar-refractivity contribution is 0.824. The van der Waals surface area contributed by atoms with Crippen LogP contribution in [0.4, 0.5) is 11.8 Å². The predicted octanol–water partition coefficient (Wildman–Crippen LogP) is 2.29. The Hall–Kier alpha value is -1.32. The van der Waals surface area contributed by atoms with Crippen LogP contribution in [0.1, 0.15) is 32.6 Å². The van der Waals surface area contributed by atoms with Crippen molar-refractivity contribution in [2.45, 2.75) is 32.6 Å². The van der Waals surface area contributed by atoms with Crippen LogP contribution >= 0.6 is 0 Å². The molecule has 0 radical (unpaired) electrons. The molecule has 1 fully saturated rings. The van der Waals surface area contributed by atoms with Crippen molar-refractivity contribution in [3.05, 3.63) is 12.3 Å². The monoisotopic (exact) mass is 220 g/mol. The van der Waals surface area contributed by atoms with Crippen molar-refractivity contribution in [1.82, 2.24) is 9.97 Å². The van der Waals surface area contributed by atoms with E-state index in [4.69, 9.17) is 0 Å². The van der Waals surface area contributed by atoms with Crippen molar-refractivity contribution >= 4 is 11.8 Å². The summed E-state index contributed by atoms with van der Waals surface area (Å²) in [6.07, 6.45) is 6.76. The average molecular weight is 220 g/mol. The van der Waals surface area contributed by atoms with Gasteiger partial charge in [0.1, 0.15) is 5.82 Å². The van der Waals surface area contributed by atoms with Gasteiger partial charge in [0.05, 0.1) is 0 Å². The number of nitrogens with zero attached hydrogens (tertiary/aromatic N) is 3. The van der Waals surface area contributed by atoms with E-state index in [9.17, 15) is 0 Å². The quantitative estimate of drug-likeness (QED) is 0.773. The summed E-state index contributed by atoms with van der Waals surface area (Å²) in [7, 11) is 0. The van der Waals surface area contributed by atoms with E-state index in [1.165, 1.54) is 19.3 Å². The molecule has 0 spiro atoms. The number of rotatable bonds is 5. The van der Waals surface area contributed by atoms with Crippen LogP contribution in [0.3, 0.4) is 0 Å². The highest BCUT2D eigenvalue weighted by atomic mass is 15.2. The number of hydrogen-bond donors (Lipinski definition) is 1. The van der Waals surface area contributed by atoms with Gasteiger partial charge in [0.2, 0.25) is 5.95 Å². The maximum Gasteiger partial charge on any atom is 0.224 e. The SMILES string of the molecule is CCCCNc1nccc(N2CCCC2)n1. The van der Waals surface area contributed by atoms with E-state index >= 15 is 0 Å². The van der Waals surface area contributed by atoms with Crippen molar-refractivity contribution in [2.24, 2.45) is 0 Å². The normalized spacial score (nSPS) is 15.4. The third kappa shape index (κ3) is 2.84. The molecule has 1 aromatic rings. The Bertz CT molecular complexity index is 321. The molecule has 88 valence electrons. The summed E-state index contributed by atoms with van der Waals surface area (Å²) in [5, 5.41) is 3.26. The van der Waals surface area contributed by atoms with Gasteiger partial charge in [0, 0.05) is 25.8 Å². The van der Waals surface area contributed by atoms with E-state index in [0.29, 0.717) is 0 Å². The summed E-state index contributed by atoms with van der Waals surface area (Å²) in [6.45, 7) is 5.40. The van der Waals surface area contributed by atoms with Crippen LogP contribution in [-0.4, -0.2) is 29.6 Å². The molecule has 1 aliphatic rings. The molecule has 4 heteroatoms. The number of unbranched alkanes of at least 4 members (excludes halogenated alkanes) is 1. The van der Waals surface area contributed by atoms with Crippen molar-refractivity contribution < 1.29 is 0 Å². The van der Waals surface area contributed by atoms with E-state index in [2.05, 4.69) is 27.1 Å². The van der Waals surface area contributed by atoms with Gasteiger partial charge < -0.3 is 10.2 Å². The molecule has 1 N–H and O–H groups in total. The summed E-state index contributed by atoms with van der Waals surface area (Å²) in [4.78, 5) is 11.1. The van der Waals surface area contributed by atoms with Crippen LogP contribution in [0, 0.1) is 0 Å². The Morgan fingerprint density at radius 2 is 2.19 bits per heavy atom. The second-order valence-electron chi connectivity index (χ2n) is 4.21. The molecule has 0 unspecified atom stereocenters. The first kappa shape index (κ1) is 11.2. The van der Waals surface area contributed by atoms with Gasteiger partial charge in [-0.25, -0.2) is 4.98 Å². The van der Waals surface area contributed by atoms with Crippen molar-refractivity contribution in [3.63, 3.8) is 0 Å². The van der Waals surface area contributed by atoms with E-state index in [1.54, 1.807) is 0 Å². The van der Waals surface area contributed by atoms with Gasteiger partial charge in [0.15, 0.2) is 0 Å². The molecule has 0 aliphatic carbocycles. The first-order valence-corrected chi connectivity index (χ1v) is 6.22. The molecule has 16 heavy (non-hydrogen) atoms. The molecule has 1 aromatic heterocycles. The fourth-order valence-electron chi connectivity index (χ4n) is 1.93. The minimum absolute atomic E-state index is 0.762. The molecule has 2 rings (SSSR count). The molecule has 0 bridgehead atoms. The van der Waals surface area contributed by atoms with Crippen LogP contribution in [0.2, 0.25) is 0 Å². The van der Waals surface area contributed by atoms with Crippen molar-refractivity contribution in [2.75, 3.05) is 29.9 Å². The first-order valence-electron chi connectivity index (χ1n) is 6.22. The van der Waals surface area contributed by atoms with Gasteiger partial charge >= 0.3 is 0 Å². The average Bonchev–Trinajstić information content (AvgIpc) is 2.83. The zero-order chi connectivity index (χ0) is 11.2. The van der Waals surface area contributed by atoms with Gasteiger partial charge in [0.25, 0.3) is 0 Å². The molecule has 4 nitrogen and oxygen atoms in total. The van der Waals surface area contributed by atoms with Crippen LogP contribution in [-0.2, 0) is 0 Å². The highest BCUT2D eigenvalue weighted by molar-refractivity contribution is 5.43. The van der Waals surface area contributed by atoms with E-state index in [0.717, 1.165) is 37.8 Å². The van der Waals surface area contributed by atoms with E-state index in [1.807, 2.05) is 12.3 Å². The second-order valence-corrected chi connectivity index (χ2v) is 4.21. The summed E-state index contributed by atoms with van der Waals surface area (Å²) in [5.41, 5.74) is 0. The Kier molecular flexibility index (Phi) is 3.97. The van der Waals surface area contributed by atoms with E-state index in [-0.39, 0.29) is 0 Å². The Labute approximate surface area is 97.1 Å². The number of aromatic nitrogens is 2. The molecule has 1 aliphatic heterocycles. The molecular formula is C12H20N4. The summed E-state index contributed by atoms with van der Waals surface area (Å²) in [6, 6.07) is 2.00. The highest BCUT2D eigenvalue weighted by Crippen LogP contribution is 2.17. The van der Waals surface area contributed by atoms with Crippen molar-refractivity contribution in [1.29, 1.82) is 0 Å². The fourth-order valence-corrected chi connectivity index (χ4v) is 1.93. The number of anilines is 2. The Balaban J connectivity index is 1.95. The minimum Gasteiger partial charge on any atom is -0.356 e. The number of hydrogen-bond acceptors (Lipinski definition) is 4. The third-order valence-corrected chi connectivity index (χ3v) is 2.88. The van der Waals surface area contributed by atoms with Gasteiger partial charge in [-0.3, -0.25) is 0 Å². The molecule has 1 saturated heterocycles. The maximum atomic E-state index is 4.53. The molecule has 2 heterocycles. The summed E-state index contributed by atoms with van der Waals surface area (Å²) < 4.78 is 0. The lowest BCUT2D eigenvalue weighted by Gasteiger charge is -2.16. The Morgan fingerprint density at radius 1 is 1.38 bits per heavy atom. The molecule has 0 saturated carbocycles. The standard InChI is InChI=1S/C12H20N4/c1-2-3-7-13-12-14-8-6-11(15-12)16-9-4-5-10-16/h6,8H,2-5,7,9-10H2,1H3,(H,13,14,15). The van der Waals surface area contributed by atoms with Gasteiger partial charge in [-0.1, -0.05) is 13.3 Å². The molecular weight excluding hydrogens is 200 g/mol. The van der Waals surface area contributed by atoms with Crippen LogP contribution < -0.4 is 10.2 Å². The zero-order valence-corrected chi connectivity index (χ0v) is 9.95. The molecule has 0 amide bonds. The number of nitrogens with one attached hydrogen (secondary N) is 1. The van der Waals surface area contributed by atoms with Gasteiger partial charge in [-0.2, -0.15) is 4.98 Å². The van der Waals surface area contributed by atoms with E-state index < -0.39 is 0 Å². The predicted molar refractivity (Wildman–Crippen MR) is 66.9 cm³/mol. The van der Waals surface area contributed by atoms with Crippen LogP contribution in [0.5, 0.6) is 0 Å². The van der Waals surface area contributed by atoms with Crippen LogP contribution in [0.25, 0.3) is 0 Å². The lowest BCUT2D eigenvalue weighted by Crippen LogP contribution is -2.19. The summed E-state index contributed by atoms with van der Waals surface area (Å²) >= 11 is 0. The third-order valence-electron chi connectivity index (χ3n) is 2.88. The minimum atomic E-state index is 0.762. The molecule has 0 aromatic carbocycles. The van der Waals surface area contributed by atoms with Gasteiger partial charge in [-0.15, -0.1) is 0 Å². The van der Waals surface area contributed by atoms with Gasteiger partial charge in [-0.05, 0) is 25.3 Å². The fraction of sp³-hybridized carbons (Fsp3) is 0.667.